The van der Waals surface area contributed by atoms with Crippen LogP contribution in [0.2, 0.25) is 5.02 Å². The zero-order chi connectivity index (χ0) is 15.6. The third kappa shape index (κ3) is 4.14. The van der Waals surface area contributed by atoms with Crippen molar-refractivity contribution in [2.45, 2.75) is 25.4 Å². The Kier molecular flexibility index (Phi) is 5.21. The largest absolute Gasteiger partial charge is 0.329 e. The number of rotatable bonds is 7. The highest BCUT2D eigenvalue weighted by atomic mass is 35.5. The van der Waals surface area contributed by atoms with Crippen molar-refractivity contribution in [1.82, 2.24) is 9.03 Å². The van der Waals surface area contributed by atoms with Gasteiger partial charge in [-0.3, -0.25) is 0 Å². The average molecular weight is 336 g/mol. The van der Waals surface area contributed by atoms with Crippen LogP contribution in [0.3, 0.4) is 0 Å². The van der Waals surface area contributed by atoms with Crippen molar-refractivity contribution < 1.29 is 12.8 Å². The first kappa shape index (κ1) is 16.6. The third-order valence-corrected chi connectivity index (χ3v) is 5.50. The Morgan fingerprint density at radius 3 is 2.71 bits per heavy atom. The Bertz CT molecular complexity index is 587. The van der Waals surface area contributed by atoms with Crippen LogP contribution < -0.4 is 10.5 Å². The van der Waals surface area contributed by atoms with E-state index in [0.29, 0.717) is 5.92 Å². The molecule has 1 aliphatic rings. The van der Waals surface area contributed by atoms with E-state index in [-0.39, 0.29) is 29.7 Å². The topological polar surface area (TPSA) is 75.4 Å². The van der Waals surface area contributed by atoms with Gasteiger partial charge < -0.3 is 5.73 Å². The number of hydrogen-bond donors (Lipinski definition) is 2. The molecule has 1 aromatic carbocycles. The van der Waals surface area contributed by atoms with Crippen LogP contribution in [0, 0.1) is 11.7 Å². The lowest BCUT2D eigenvalue weighted by molar-refractivity contribution is 0.428. The normalized spacial score (nSPS) is 17.2. The van der Waals surface area contributed by atoms with Gasteiger partial charge >= 0.3 is 0 Å². The van der Waals surface area contributed by atoms with Crippen LogP contribution in [0.5, 0.6) is 0 Å². The Labute approximate surface area is 129 Å². The molecule has 0 aliphatic heterocycles. The second kappa shape index (κ2) is 6.58. The summed E-state index contributed by atoms with van der Waals surface area (Å²) in [6.07, 6.45) is 1.96. The van der Waals surface area contributed by atoms with Crippen molar-refractivity contribution in [3.8, 4) is 0 Å². The fraction of sp³-hybridized carbons (Fsp3) is 0.538. The van der Waals surface area contributed by atoms with Crippen LogP contribution >= 0.6 is 11.6 Å². The zero-order valence-corrected chi connectivity index (χ0v) is 13.3. The quantitative estimate of drug-likeness (QED) is 0.792. The summed E-state index contributed by atoms with van der Waals surface area (Å²) >= 11 is 5.92. The Morgan fingerprint density at radius 2 is 2.19 bits per heavy atom. The second-order valence-corrected chi connectivity index (χ2v) is 7.48. The monoisotopic (exact) mass is 335 g/mol. The molecule has 1 saturated carbocycles. The van der Waals surface area contributed by atoms with Gasteiger partial charge in [0.25, 0.3) is 10.2 Å². The highest BCUT2D eigenvalue weighted by molar-refractivity contribution is 7.87. The summed E-state index contributed by atoms with van der Waals surface area (Å²) in [5, 5.41) is 0.203. The van der Waals surface area contributed by atoms with E-state index < -0.39 is 16.0 Å². The maximum absolute atomic E-state index is 13.7. The van der Waals surface area contributed by atoms with Crippen LogP contribution in [0.25, 0.3) is 0 Å². The maximum Gasteiger partial charge on any atom is 0.279 e. The van der Waals surface area contributed by atoms with Crippen molar-refractivity contribution in [3.05, 3.63) is 34.6 Å². The summed E-state index contributed by atoms with van der Waals surface area (Å²) in [6.45, 7) is 0.112. The van der Waals surface area contributed by atoms with E-state index in [0.717, 1.165) is 17.1 Å². The minimum Gasteiger partial charge on any atom is -0.329 e. The number of nitrogens with two attached hydrogens (primary N) is 1. The van der Waals surface area contributed by atoms with Crippen molar-refractivity contribution in [3.63, 3.8) is 0 Å². The van der Waals surface area contributed by atoms with Gasteiger partial charge in [-0.05, 0) is 30.9 Å². The third-order valence-electron chi connectivity index (χ3n) is 3.60. The summed E-state index contributed by atoms with van der Waals surface area (Å²) in [4.78, 5) is 0. The molecule has 3 N–H and O–H groups in total. The minimum atomic E-state index is -3.73. The molecule has 0 amide bonds. The first-order valence-electron chi connectivity index (χ1n) is 6.71. The van der Waals surface area contributed by atoms with E-state index in [4.69, 9.17) is 17.3 Å². The molecule has 1 fully saturated rings. The van der Waals surface area contributed by atoms with E-state index in [9.17, 15) is 12.8 Å². The molecule has 2 rings (SSSR count). The first-order chi connectivity index (χ1) is 9.85. The van der Waals surface area contributed by atoms with Gasteiger partial charge in [0.05, 0.1) is 0 Å². The smallest absolute Gasteiger partial charge is 0.279 e. The van der Waals surface area contributed by atoms with E-state index in [1.165, 1.54) is 25.2 Å². The van der Waals surface area contributed by atoms with E-state index in [2.05, 4.69) is 4.72 Å². The highest BCUT2D eigenvalue weighted by Crippen LogP contribution is 2.32. The van der Waals surface area contributed by atoms with Gasteiger partial charge in [-0.25, -0.2) is 4.39 Å². The van der Waals surface area contributed by atoms with E-state index in [1.807, 2.05) is 0 Å². The lowest BCUT2D eigenvalue weighted by atomic mass is 10.2. The average Bonchev–Trinajstić information content (AvgIpc) is 3.24. The van der Waals surface area contributed by atoms with Crippen molar-refractivity contribution in [2.24, 2.45) is 11.7 Å². The second-order valence-electron chi connectivity index (χ2n) is 5.26. The van der Waals surface area contributed by atoms with Crippen LogP contribution in [0.15, 0.2) is 18.2 Å². The van der Waals surface area contributed by atoms with Crippen molar-refractivity contribution >= 4 is 21.8 Å². The first-order valence-corrected chi connectivity index (χ1v) is 8.53. The number of halogens is 2. The molecule has 21 heavy (non-hydrogen) atoms. The molecule has 1 atom stereocenters. The number of nitrogens with zero attached hydrogens (tertiary/aromatic N) is 1. The zero-order valence-electron chi connectivity index (χ0n) is 11.7. The standard InChI is InChI=1S/C13H19ClFN3O2S/c1-18(8-10-11(14)3-2-4-12(10)15)21(19,20)17-13(7-16)9-5-6-9/h2-4,9,13,17H,5-8,16H2,1H3. The fourth-order valence-electron chi connectivity index (χ4n) is 2.11. The molecule has 5 nitrogen and oxygen atoms in total. The SMILES string of the molecule is CN(Cc1c(F)cccc1Cl)S(=O)(=O)NC(CN)C1CC1. The molecule has 0 spiro atoms. The molecular weight excluding hydrogens is 317 g/mol. The summed E-state index contributed by atoms with van der Waals surface area (Å²) in [7, 11) is -2.35. The lowest BCUT2D eigenvalue weighted by Gasteiger charge is -2.23. The van der Waals surface area contributed by atoms with E-state index >= 15 is 0 Å². The molecule has 0 bridgehead atoms. The van der Waals surface area contributed by atoms with Gasteiger partial charge in [0.15, 0.2) is 0 Å². The lowest BCUT2D eigenvalue weighted by Crippen LogP contribution is -2.47. The van der Waals surface area contributed by atoms with E-state index in [1.54, 1.807) is 0 Å². The Hall–Kier alpha value is -0.730. The van der Waals surface area contributed by atoms with Crippen LogP contribution in [-0.4, -0.2) is 32.4 Å². The number of hydrogen-bond acceptors (Lipinski definition) is 3. The van der Waals surface area contributed by atoms with Crippen LogP contribution in [0.1, 0.15) is 18.4 Å². The summed E-state index contributed by atoms with van der Waals surface area (Å²) in [6, 6.07) is 3.99. The van der Waals surface area contributed by atoms with Gasteiger partial charge in [0, 0.05) is 36.8 Å². The maximum atomic E-state index is 13.7. The fourth-order valence-corrected chi connectivity index (χ4v) is 3.48. The minimum absolute atomic E-state index is 0.136. The number of nitrogens with one attached hydrogen (secondary N) is 1. The Balaban J connectivity index is 2.09. The molecule has 1 aliphatic carbocycles. The molecule has 0 aromatic heterocycles. The molecule has 0 saturated heterocycles. The van der Waals surface area contributed by atoms with Gasteiger partial charge in [-0.1, -0.05) is 17.7 Å². The summed E-state index contributed by atoms with van der Waals surface area (Å²) in [5.74, 6) is -0.225. The molecule has 1 unspecified atom stereocenters. The van der Waals surface area contributed by atoms with Gasteiger partial charge in [0.1, 0.15) is 5.82 Å². The molecule has 118 valence electrons. The van der Waals surface area contributed by atoms with Gasteiger partial charge in [-0.15, -0.1) is 0 Å². The predicted octanol–water partition coefficient (Wildman–Crippen LogP) is 1.48. The van der Waals surface area contributed by atoms with Gasteiger partial charge in [-0.2, -0.15) is 17.4 Å². The molecule has 0 radical (unpaired) electrons. The Morgan fingerprint density at radius 1 is 1.52 bits per heavy atom. The molecule has 1 aromatic rings. The van der Waals surface area contributed by atoms with Gasteiger partial charge in [0.2, 0.25) is 0 Å². The van der Waals surface area contributed by atoms with Crippen LogP contribution in [0.4, 0.5) is 4.39 Å². The number of benzene rings is 1. The van der Waals surface area contributed by atoms with Crippen molar-refractivity contribution in [2.75, 3.05) is 13.6 Å². The van der Waals surface area contributed by atoms with Crippen molar-refractivity contribution in [1.29, 1.82) is 0 Å². The van der Waals surface area contributed by atoms with Crippen LogP contribution in [-0.2, 0) is 16.8 Å². The molecule has 8 heteroatoms. The predicted molar refractivity (Wildman–Crippen MR) is 80.5 cm³/mol. The molecule has 0 heterocycles. The summed E-state index contributed by atoms with van der Waals surface area (Å²) < 4.78 is 41.8. The molecular formula is C13H19ClFN3O2S. The highest BCUT2D eigenvalue weighted by Gasteiger charge is 2.34. The summed E-state index contributed by atoms with van der Waals surface area (Å²) in [5.41, 5.74) is 5.75.